The number of rotatable bonds is 4. The van der Waals surface area contributed by atoms with Gasteiger partial charge < -0.3 is 5.32 Å². The quantitative estimate of drug-likeness (QED) is 0.732. The highest BCUT2D eigenvalue weighted by atomic mass is 32.2. The number of hydrogen-bond acceptors (Lipinski definition) is 4. The minimum absolute atomic E-state index is 0.105. The zero-order valence-corrected chi connectivity index (χ0v) is 8.21. The molecule has 0 bridgehead atoms. The SMILES string of the molecule is CNC(C#N)CSc1ccccn1. The Morgan fingerprint density at radius 1 is 1.69 bits per heavy atom. The van der Waals surface area contributed by atoms with Crippen molar-refractivity contribution in [1.29, 1.82) is 5.26 Å². The van der Waals surface area contributed by atoms with Crippen molar-refractivity contribution in [3.8, 4) is 6.07 Å². The largest absolute Gasteiger partial charge is 0.304 e. The number of pyridine rings is 1. The summed E-state index contributed by atoms with van der Waals surface area (Å²) in [6.45, 7) is 0. The second-order valence-corrected chi connectivity index (χ2v) is 3.49. The van der Waals surface area contributed by atoms with Crippen LogP contribution in [-0.2, 0) is 0 Å². The van der Waals surface area contributed by atoms with E-state index in [0.717, 1.165) is 10.8 Å². The first-order valence-electron chi connectivity index (χ1n) is 3.97. The van der Waals surface area contributed by atoms with Crippen LogP contribution in [0.15, 0.2) is 29.4 Å². The predicted molar refractivity (Wildman–Crippen MR) is 53.4 cm³/mol. The molecule has 1 atom stereocenters. The molecule has 1 N–H and O–H groups in total. The van der Waals surface area contributed by atoms with Gasteiger partial charge in [-0.25, -0.2) is 4.98 Å². The molecule has 0 saturated carbocycles. The first-order valence-corrected chi connectivity index (χ1v) is 4.96. The molecule has 1 rings (SSSR count). The summed E-state index contributed by atoms with van der Waals surface area (Å²) in [6.07, 6.45) is 1.75. The third-order valence-electron chi connectivity index (χ3n) is 1.54. The molecule has 1 unspecified atom stereocenters. The van der Waals surface area contributed by atoms with E-state index in [1.807, 2.05) is 18.2 Å². The normalized spacial score (nSPS) is 12.0. The molecular weight excluding hydrogens is 182 g/mol. The molecular formula is C9H11N3S. The van der Waals surface area contributed by atoms with Crippen molar-refractivity contribution in [2.24, 2.45) is 0 Å². The van der Waals surface area contributed by atoms with Crippen LogP contribution in [0, 0.1) is 11.3 Å². The van der Waals surface area contributed by atoms with Crippen LogP contribution >= 0.6 is 11.8 Å². The fourth-order valence-corrected chi connectivity index (χ4v) is 1.68. The summed E-state index contributed by atoms with van der Waals surface area (Å²) in [6, 6.07) is 7.82. The van der Waals surface area contributed by atoms with E-state index in [-0.39, 0.29) is 6.04 Å². The summed E-state index contributed by atoms with van der Waals surface area (Å²) in [5.41, 5.74) is 0. The Balaban J connectivity index is 2.40. The fourth-order valence-electron chi connectivity index (χ4n) is 0.786. The maximum atomic E-state index is 8.66. The maximum Gasteiger partial charge on any atom is 0.105 e. The molecule has 0 saturated heterocycles. The average molecular weight is 193 g/mol. The van der Waals surface area contributed by atoms with Gasteiger partial charge in [-0.1, -0.05) is 6.07 Å². The lowest BCUT2D eigenvalue weighted by Crippen LogP contribution is -2.25. The van der Waals surface area contributed by atoms with E-state index in [1.54, 1.807) is 25.0 Å². The Morgan fingerprint density at radius 3 is 3.08 bits per heavy atom. The Labute approximate surface area is 82.2 Å². The van der Waals surface area contributed by atoms with E-state index in [1.165, 1.54) is 0 Å². The van der Waals surface area contributed by atoms with Gasteiger partial charge in [-0.3, -0.25) is 0 Å². The lowest BCUT2D eigenvalue weighted by atomic mass is 10.4. The third kappa shape index (κ3) is 3.45. The number of thioether (sulfide) groups is 1. The second kappa shape index (κ2) is 5.57. The van der Waals surface area contributed by atoms with E-state index in [4.69, 9.17) is 5.26 Å². The van der Waals surface area contributed by atoms with Crippen molar-refractivity contribution in [3.05, 3.63) is 24.4 Å². The van der Waals surface area contributed by atoms with Crippen molar-refractivity contribution in [3.63, 3.8) is 0 Å². The van der Waals surface area contributed by atoms with Crippen molar-refractivity contribution in [2.75, 3.05) is 12.8 Å². The first kappa shape index (κ1) is 10.0. The van der Waals surface area contributed by atoms with Crippen molar-refractivity contribution in [2.45, 2.75) is 11.1 Å². The van der Waals surface area contributed by atoms with E-state index in [9.17, 15) is 0 Å². The average Bonchev–Trinajstić information content (AvgIpc) is 2.21. The first-order chi connectivity index (χ1) is 6.36. The van der Waals surface area contributed by atoms with Gasteiger partial charge in [-0.05, 0) is 19.2 Å². The smallest absolute Gasteiger partial charge is 0.105 e. The lowest BCUT2D eigenvalue weighted by Gasteiger charge is -2.05. The predicted octanol–water partition coefficient (Wildman–Crippen LogP) is 1.29. The highest BCUT2D eigenvalue weighted by Crippen LogP contribution is 2.14. The van der Waals surface area contributed by atoms with Crippen molar-refractivity contribution < 1.29 is 0 Å². The number of nitriles is 1. The van der Waals surface area contributed by atoms with Gasteiger partial charge in [0.05, 0.1) is 11.1 Å². The number of nitrogens with zero attached hydrogens (tertiary/aromatic N) is 2. The Morgan fingerprint density at radius 2 is 2.54 bits per heavy atom. The summed E-state index contributed by atoms with van der Waals surface area (Å²) in [5.74, 6) is 0.726. The molecule has 4 heteroatoms. The molecule has 0 spiro atoms. The van der Waals surface area contributed by atoms with Crippen LogP contribution in [0.3, 0.4) is 0 Å². The van der Waals surface area contributed by atoms with Crippen LogP contribution in [0.25, 0.3) is 0 Å². The Kier molecular flexibility index (Phi) is 4.30. The topological polar surface area (TPSA) is 48.7 Å². The molecule has 0 aliphatic rings. The zero-order valence-electron chi connectivity index (χ0n) is 7.40. The molecule has 1 aromatic heterocycles. The van der Waals surface area contributed by atoms with Gasteiger partial charge in [0.1, 0.15) is 6.04 Å². The minimum Gasteiger partial charge on any atom is -0.304 e. The minimum atomic E-state index is -0.105. The van der Waals surface area contributed by atoms with Crippen LogP contribution in [0.5, 0.6) is 0 Å². The van der Waals surface area contributed by atoms with Crippen LogP contribution in [0.1, 0.15) is 0 Å². The molecule has 0 aromatic carbocycles. The Hall–Kier alpha value is -1.05. The third-order valence-corrected chi connectivity index (χ3v) is 2.58. The van der Waals surface area contributed by atoms with Crippen molar-refractivity contribution >= 4 is 11.8 Å². The van der Waals surface area contributed by atoms with Crippen LogP contribution < -0.4 is 5.32 Å². The molecule has 0 aliphatic carbocycles. The van der Waals surface area contributed by atoms with Crippen LogP contribution in [0.2, 0.25) is 0 Å². The van der Waals surface area contributed by atoms with Gasteiger partial charge >= 0.3 is 0 Å². The summed E-state index contributed by atoms with van der Waals surface area (Å²) in [4.78, 5) is 4.15. The maximum absolute atomic E-state index is 8.66. The molecule has 0 amide bonds. The summed E-state index contributed by atoms with van der Waals surface area (Å²) in [7, 11) is 1.78. The van der Waals surface area contributed by atoms with Crippen molar-refractivity contribution in [1.82, 2.24) is 10.3 Å². The van der Waals surface area contributed by atoms with Gasteiger partial charge in [-0.15, -0.1) is 11.8 Å². The molecule has 0 fully saturated rings. The monoisotopic (exact) mass is 193 g/mol. The molecule has 13 heavy (non-hydrogen) atoms. The van der Waals surface area contributed by atoms with Gasteiger partial charge in [-0.2, -0.15) is 5.26 Å². The number of aromatic nitrogens is 1. The van der Waals surface area contributed by atoms with Gasteiger partial charge in [0.2, 0.25) is 0 Å². The van der Waals surface area contributed by atoms with E-state index in [2.05, 4.69) is 16.4 Å². The molecule has 0 radical (unpaired) electrons. The summed E-state index contributed by atoms with van der Waals surface area (Å²) in [5, 5.41) is 12.5. The van der Waals surface area contributed by atoms with E-state index >= 15 is 0 Å². The summed E-state index contributed by atoms with van der Waals surface area (Å²) >= 11 is 1.58. The molecule has 68 valence electrons. The van der Waals surface area contributed by atoms with Crippen LogP contribution in [0.4, 0.5) is 0 Å². The highest BCUT2D eigenvalue weighted by molar-refractivity contribution is 7.99. The van der Waals surface area contributed by atoms with Gasteiger partial charge in [0.25, 0.3) is 0 Å². The zero-order chi connectivity index (χ0) is 9.52. The lowest BCUT2D eigenvalue weighted by molar-refractivity contribution is 0.749. The number of nitrogens with one attached hydrogen (secondary N) is 1. The van der Waals surface area contributed by atoms with E-state index < -0.39 is 0 Å². The highest BCUT2D eigenvalue weighted by Gasteiger charge is 2.04. The standard InChI is InChI=1S/C9H11N3S/c1-11-8(6-10)7-13-9-4-2-3-5-12-9/h2-5,8,11H,7H2,1H3. The van der Waals surface area contributed by atoms with Gasteiger partial charge in [0.15, 0.2) is 0 Å². The fraction of sp³-hybridized carbons (Fsp3) is 0.333. The molecule has 1 heterocycles. The molecule has 1 aromatic rings. The van der Waals surface area contributed by atoms with Crippen LogP contribution in [-0.4, -0.2) is 23.8 Å². The summed E-state index contributed by atoms with van der Waals surface area (Å²) < 4.78 is 0. The molecule has 0 aliphatic heterocycles. The molecule has 3 nitrogen and oxygen atoms in total. The van der Waals surface area contributed by atoms with Gasteiger partial charge in [0, 0.05) is 11.9 Å². The second-order valence-electron chi connectivity index (χ2n) is 2.45. The van der Waals surface area contributed by atoms with E-state index in [0.29, 0.717) is 0 Å². The number of hydrogen-bond donors (Lipinski definition) is 1. The Bertz CT molecular complexity index is 281.